The molecule has 1 rings (SSSR count). The molecule has 1 aromatic rings. The maximum atomic E-state index is 6.07. The van der Waals surface area contributed by atoms with Gasteiger partial charge in [-0.3, -0.25) is 0 Å². The molecule has 1 aromatic carbocycles. The maximum absolute atomic E-state index is 6.07. The van der Waals surface area contributed by atoms with Crippen molar-refractivity contribution >= 4 is 15.9 Å². The summed E-state index contributed by atoms with van der Waals surface area (Å²) in [4.78, 5) is 0. The summed E-state index contributed by atoms with van der Waals surface area (Å²) in [5.74, 6) is 0. The zero-order valence-electron chi connectivity index (χ0n) is 8.67. The van der Waals surface area contributed by atoms with Gasteiger partial charge in [-0.1, -0.05) is 54.2 Å². The van der Waals surface area contributed by atoms with Gasteiger partial charge in [0.2, 0.25) is 0 Å². The predicted octanol–water partition coefficient (Wildman–Crippen LogP) is 4.03. The van der Waals surface area contributed by atoms with Crippen LogP contribution >= 0.6 is 15.9 Å². The molecule has 0 unspecified atom stereocenters. The monoisotopic (exact) mass is 255 g/mol. The highest BCUT2D eigenvalue weighted by Crippen LogP contribution is 2.19. The quantitative estimate of drug-likeness (QED) is 0.791. The van der Waals surface area contributed by atoms with Crippen molar-refractivity contribution in [1.29, 1.82) is 0 Å². The Labute approximate surface area is 94.8 Å². The summed E-state index contributed by atoms with van der Waals surface area (Å²) < 4.78 is 1.11. The van der Waals surface area contributed by atoms with E-state index in [2.05, 4.69) is 47.1 Å². The zero-order chi connectivity index (χ0) is 10.4. The van der Waals surface area contributed by atoms with Gasteiger partial charge >= 0.3 is 0 Å². The van der Waals surface area contributed by atoms with Crippen LogP contribution in [0.25, 0.3) is 0 Å². The number of hydrogen-bond donors (Lipinski definition) is 1. The molecular formula is C12H18BrN. The first kappa shape index (κ1) is 11.7. The van der Waals surface area contributed by atoms with E-state index in [4.69, 9.17) is 5.73 Å². The first-order valence-electron chi connectivity index (χ1n) is 5.25. The van der Waals surface area contributed by atoms with Crippen LogP contribution in [0.5, 0.6) is 0 Å². The first-order valence-corrected chi connectivity index (χ1v) is 6.04. The summed E-state index contributed by atoms with van der Waals surface area (Å²) in [5, 5.41) is 0. The van der Waals surface area contributed by atoms with Gasteiger partial charge in [0, 0.05) is 10.5 Å². The van der Waals surface area contributed by atoms with E-state index >= 15 is 0 Å². The van der Waals surface area contributed by atoms with Gasteiger partial charge < -0.3 is 5.73 Å². The first-order chi connectivity index (χ1) is 6.74. The lowest BCUT2D eigenvalue weighted by molar-refractivity contribution is 0.581. The zero-order valence-corrected chi connectivity index (χ0v) is 10.3. The molecule has 0 saturated heterocycles. The van der Waals surface area contributed by atoms with E-state index in [1.54, 1.807) is 0 Å². The molecule has 0 aliphatic carbocycles. The fraction of sp³-hybridized carbons (Fsp3) is 0.500. The number of nitrogens with two attached hydrogens (primary N) is 1. The Bertz CT molecular complexity index is 256. The van der Waals surface area contributed by atoms with E-state index in [1.165, 1.54) is 24.8 Å². The van der Waals surface area contributed by atoms with Crippen molar-refractivity contribution in [2.45, 2.75) is 38.6 Å². The lowest BCUT2D eigenvalue weighted by Gasteiger charge is -2.11. The van der Waals surface area contributed by atoms with Crippen LogP contribution in [0.1, 0.15) is 44.2 Å². The lowest BCUT2D eigenvalue weighted by atomic mass is 10.0. The average Bonchev–Trinajstić information content (AvgIpc) is 2.19. The van der Waals surface area contributed by atoms with E-state index in [0.29, 0.717) is 0 Å². The number of benzene rings is 1. The molecule has 0 bridgehead atoms. The molecule has 2 heteroatoms. The fourth-order valence-corrected chi connectivity index (χ4v) is 1.76. The summed E-state index contributed by atoms with van der Waals surface area (Å²) in [6.07, 6.45) is 4.86. The van der Waals surface area contributed by atoms with Crippen molar-refractivity contribution < 1.29 is 0 Å². The van der Waals surface area contributed by atoms with Gasteiger partial charge in [0.25, 0.3) is 0 Å². The van der Waals surface area contributed by atoms with Crippen molar-refractivity contribution in [1.82, 2.24) is 0 Å². The molecule has 0 aromatic heterocycles. The van der Waals surface area contributed by atoms with Gasteiger partial charge in [-0.15, -0.1) is 0 Å². The Morgan fingerprint density at radius 1 is 1.21 bits per heavy atom. The van der Waals surface area contributed by atoms with Gasteiger partial charge in [0.05, 0.1) is 0 Å². The van der Waals surface area contributed by atoms with Crippen molar-refractivity contribution in [3.8, 4) is 0 Å². The molecule has 0 radical (unpaired) electrons. The Kier molecular flexibility index (Phi) is 5.20. The topological polar surface area (TPSA) is 26.0 Å². The van der Waals surface area contributed by atoms with Gasteiger partial charge in [-0.2, -0.15) is 0 Å². The van der Waals surface area contributed by atoms with E-state index in [0.717, 1.165) is 10.9 Å². The van der Waals surface area contributed by atoms with Gasteiger partial charge in [-0.25, -0.2) is 0 Å². The molecule has 78 valence electrons. The minimum atomic E-state index is 0.203. The molecule has 1 nitrogen and oxygen atoms in total. The van der Waals surface area contributed by atoms with Crippen LogP contribution in [0.4, 0.5) is 0 Å². The van der Waals surface area contributed by atoms with Crippen LogP contribution in [0.2, 0.25) is 0 Å². The van der Waals surface area contributed by atoms with Crippen LogP contribution < -0.4 is 5.73 Å². The number of hydrogen-bond acceptors (Lipinski definition) is 1. The number of rotatable bonds is 5. The molecule has 0 aliphatic rings. The van der Waals surface area contributed by atoms with E-state index in [9.17, 15) is 0 Å². The second-order valence-corrected chi connectivity index (χ2v) is 4.57. The van der Waals surface area contributed by atoms with Crippen LogP contribution in [0.15, 0.2) is 28.7 Å². The third-order valence-electron chi connectivity index (χ3n) is 2.42. The highest BCUT2D eigenvalue weighted by atomic mass is 79.9. The van der Waals surface area contributed by atoms with Crippen LogP contribution in [-0.4, -0.2) is 0 Å². The molecule has 0 fully saturated rings. The van der Waals surface area contributed by atoms with Crippen molar-refractivity contribution in [2.75, 3.05) is 0 Å². The molecule has 0 amide bonds. The molecule has 1 atom stereocenters. The summed E-state index contributed by atoms with van der Waals surface area (Å²) in [6, 6.07) is 8.50. The second-order valence-electron chi connectivity index (χ2n) is 3.65. The van der Waals surface area contributed by atoms with Crippen molar-refractivity contribution in [3.63, 3.8) is 0 Å². The Morgan fingerprint density at radius 3 is 2.43 bits per heavy atom. The fourth-order valence-electron chi connectivity index (χ4n) is 1.49. The molecular weight excluding hydrogens is 238 g/mol. The van der Waals surface area contributed by atoms with E-state index in [-0.39, 0.29) is 6.04 Å². The highest BCUT2D eigenvalue weighted by Gasteiger charge is 2.04. The largest absolute Gasteiger partial charge is 0.324 e. The Balaban J connectivity index is 2.43. The summed E-state index contributed by atoms with van der Waals surface area (Å²) in [7, 11) is 0. The van der Waals surface area contributed by atoms with Crippen LogP contribution in [-0.2, 0) is 0 Å². The molecule has 14 heavy (non-hydrogen) atoms. The molecule has 0 aliphatic heterocycles. The highest BCUT2D eigenvalue weighted by molar-refractivity contribution is 9.10. The van der Waals surface area contributed by atoms with Gasteiger partial charge in [0.1, 0.15) is 0 Å². The van der Waals surface area contributed by atoms with E-state index < -0.39 is 0 Å². The predicted molar refractivity (Wildman–Crippen MR) is 65.2 cm³/mol. The van der Waals surface area contributed by atoms with Gasteiger partial charge in [-0.05, 0) is 24.1 Å². The average molecular weight is 256 g/mol. The molecule has 0 heterocycles. The smallest absolute Gasteiger partial charge is 0.0294 e. The van der Waals surface area contributed by atoms with Crippen molar-refractivity contribution in [2.24, 2.45) is 5.73 Å². The minimum Gasteiger partial charge on any atom is -0.324 e. The van der Waals surface area contributed by atoms with E-state index in [1.807, 2.05) is 0 Å². The third kappa shape index (κ3) is 3.81. The molecule has 0 saturated carbocycles. The maximum Gasteiger partial charge on any atom is 0.0294 e. The number of halogens is 1. The van der Waals surface area contributed by atoms with Gasteiger partial charge in [0.15, 0.2) is 0 Å². The SMILES string of the molecule is CCCCC[C@H](N)c1ccc(Br)cc1. The molecule has 0 spiro atoms. The summed E-state index contributed by atoms with van der Waals surface area (Å²) in [5.41, 5.74) is 7.31. The normalized spacial score (nSPS) is 12.8. The lowest BCUT2D eigenvalue weighted by Crippen LogP contribution is -2.09. The summed E-state index contributed by atoms with van der Waals surface area (Å²) >= 11 is 3.42. The third-order valence-corrected chi connectivity index (χ3v) is 2.95. The van der Waals surface area contributed by atoms with Crippen molar-refractivity contribution in [3.05, 3.63) is 34.3 Å². The number of unbranched alkanes of at least 4 members (excludes halogenated alkanes) is 2. The summed E-state index contributed by atoms with van der Waals surface area (Å²) in [6.45, 7) is 2.21. The van der Waals surface area contributed by atoms with Crippen LogP contribution in [0, 0.1) is 0 Å². The minimum absolute atomic E-state index is 0.203. The van der Waals surface area contributed by atoms with Crippen LogP contribution in [0.3, 0.4) is 0 Å². The Hall–Kier alpha value is -0.340. The molecule has 2 N–H and O–H groups in total. The second kappa shape index (κ2) is 6.20. The standard InChI is InChI=1S/C12H18BrN/c1-2-3-4-5-12(14)10-6-8-11(13)9-7-10/h6-9,12H,2-5,14H2,1H3/t12-/m0/s1. The Morgan fingerprint density at radius 2 is 1.86 bits per heavy atom.